The van der Waals surface area contributed by atoms with E-state index in [4.69, 9.17) is 9.15 Å². The lowest BCUT2D eigenvalue weighted by atomic mass is 9.74. The van der Waals surface area contributed by atoms with Crippen LogP contribution in [-0.2, 0) is 15.0 Å². The van der Waals surface area contributed by atoms with Crippen LogP contribution in [0.3, 0.4) is 0 Å². The van der Waals surface area contributed by atoms with Crippen LogP contribution < -0.4 is 9.64 Å². The van der Waals surface area contributed by atoms with Crippen molar-refractivity contribution in [2.75, 3.05) is 51.3 Å². The highest BCUT2D eigenvalue weighted by molar-refractivity contribution is 5.85. The molecule has 2 saturated heterocycles. The molecule has 1 aromatic heterocycles. The summed E-state index contributed by atoms with van der Waals surface area (Å²) in [4.78, 5) is 35.9. The van der Waals surface area contributed by atoms with Crippen LogP contribution in [0.4, 0.5) is 5.69 Å². The summed E-state index contributed by atoms with van der Waals surface area (Å²) in [5.41, 5.74) is 2.19. The molecule has 2 aliphatic rings. The van der Waals surface area contributed by atoms with Crippen molar-refractivity contribution in [3.05, 3.63) is 66.2 Å². The average molecular weight is 528 g/mol. The van der Waals surface area contributed by atoms with E-state index >= 15 is 0 Å². The number of oxazole rings is 1. The Balaban J connectivity index is 1.20. The largest absolute Gasteiger partial charge is 0.496 e. The summed E-state index contributed by atoms with van der Waals surface area (Å²) >= 11 is 0. The predicted octanol–water partition coefficient (Wildman–Crippen LogP) is 3.78. The number of nitrogens with zero attached hydrogens (tertiary/aromatic N) is 5. The lowest BCUT2D eigenvalue weighted by Crippen LogP contribution is -2.49. The molecule has 0 unspecified atom stereocenters. The Morgan fingerprint density at radius 3 is 2.54 bits per heavy atom. The number of hydrogen-bond donors (Lipinski definition) is 0. The highest BCUT2D eigenvalue weighted by Crippen LogP contribution is 2.36. The number of ether oxygens (including phenoxy) is 1. The zero-order valence-electron chi connectivity index (χ0n) is 22.4. The van der Waals surface area contributed by atoms with E-state index in [2.05, 4.69) is 16.0 Å². The van der Waals surface area contributed by atoms with Gasteiger partial charge in [0.15, 0.2) is 11.7 Å². The second-order valence-electron chi connectivity index (χ2n) is 10.1. The fourth-order valence-corrected chi connectivity index (χ4v) is 5.48. The molecule has 0 atom stereocenters. The Hall–Kier alpha value is -4.32. The number of benzene rings is 2. The quantitative estimate of drug-likeness (QED) is 0.481. The van der Waals surface area contributed by atoms with E-state index in [-0.39, 0.29) is 18.4 Å². The van der Waals surface area contributed by atoms with E-state index in [1.165, 1.54) is 0 Å². The Morgan fingerprint density at radius 2 is 1.87 bits per heavy atom. The minimum atomic E-state index is -0.570. The van der Waals surface area contributed by atoms with Crippen molar-refractivity contribution in [3.8, 4) is 23.1 Å². The third-order valence-corrected chi connectivity index (χ3v) is 7.86. The number of carbonyl (C=O) groups is 2. The van der Waals surface area contributed by atoms with Gasteiger partial charge in [0.05, 0.1) is 36.9 Å². The molecule has 3 heterocycles. The number of aryl methyl sites for hydroxylation is 1. The van der Waals surface area contributed by atoms with Crippen LogP contribution in [0.5, 0.6) is 5.75 Å². The van der Waals surface area contributed by atoms with Crippen molar-refractivity contribution >= 4 is 17.5 Å². The highest BCUT2D eigenvalue weighted by atomic mass is 16.5. The molecule has 2 amide bonds. The van der Waals surface area contributed by atoms with Crippen molar-refractivity contribution in [1.29, 1.82) is 5.26 Å². The maximum atomic E-state index is 13.2. The van der Waals surface area contributed by atoms with Crippen molar-refractivity contribution in [3.63, 3.8) is 0 Å². The standard InChI is InChI=1S/C30H33N5O4/c1-22-32-19-27(39-22)25-9-8-24(18-26(25)38-2)33-13-10-28(36)35(17-16-33)20-29(37)34-14-11-30(21-31,12-15-34)23-6-4-3-5-7-23/h3-9,18-19H,10-17,20H2,1-2H3. The number of methoxy groups -OCH3 is 1. The molecule has 0 bridgehead atoms. The summed E-state index contributed by atoms with van der Waals surface area (Å²) in [5, 5.41) is 9.95. The molecule has 9 heteroatoms. The second kappa shape index (κ2) is 11.2. The number of hydrogen-bond acceptors (Lipinski definition) is 7. The minimum Gasteiger partial charge on any atom is -0.496 e. The zero-order valence-corrected chi connectivity index (χ0v) is 22.4. The molecule has 0 N–H and O–H groups in total. The van der Waals surface area contributed by atoms with Gasteiger partial charge in [-0.15, -0.1) is 0 Å². The van der Waals surface area contributed by atoms with E-state index in [0.717, 1.165) is 16.8 Å². The average Bonchev–Trinajstić information content (AvgIpc) is 3.33. The number of nitriles is 1. The van der Waals surface area contributed by atoms with Crippen LogP contribution in [0.25, 0.3) is 11.3 Å². The maximum Gasteiger partial charge on any atom is 0.242 e. The fraction of sp³-hybridized carbons (Fsp3) is 0.400. The summed E-state index contributed by atoms with van der Waals surface area (Å²) in [6.45, 7) is 4.48. The van der Waals surface area contributed by atoms with Crippen LogP contribution in [0.15, 0.2) is 59.1 Å². The second-order valence-corrected chi connectivity index (χ2v) is 10.1. The molecule has 39 heavy (non-hydrogen) atoms. The zero-order chi connectivity index (χ0) is 27.4. The van der Waals surface area contributed by atoms with E-state index < -0.39 is 5.41 Å². The van der Waals surface area contributed by atoms with Gasteiger partial charge in [0.25, 0.3) is 0 Å². The molecule has 0 spiro atoms. The molecular weight excluding hydrogens is 494 g/mol. The van der Waals surface area contributed by atoms with E-state index in [1.54, 1.807) is 30.0 Å². The Kier molecular flexibility index (Phi) is 7.55. The normalized spacial score (nSPS) is 17.5. The van der Waals surface area contributed by atoms with Gasteiger partial charge in [0, 0.05) is 57.8 Å². The number of likely N-dealkylation sites (tertiary alicyclic amines) is 1. The molecule has 202 valence electrons. The van der Waals surface area contributed by atoms with Crippen LogP contribution >= 0.6 is 0 Å². The first kappa shape index (κ1) is 26.3. The summed E-state index contributed by atoms with van der Waals surface area (Å²) < 4.78 is 11.3. The van der Waals surface area contributed by atoms with Crippen LogP contribution in [-0.4, -0.2) is 73.0 Å². The summed E-state index contributed by atoms with van der Waals surface area (Å²) in [5.74, 6) is 1.80. The van der Waals surface area contributed by atoms with Crippen molar-refractivity contribution in [2.24, 2.45) is 0 Å². The van der Waals surface area contributed by atoms with E-state index in [0.29, 0.717) is 69.4 Å². The van der Waals surface area contributed by atoms with Crippen LogP contribution in [0.2, 0.25) is 0 Å². The van der Waals surface area contributed by atoms with Crippen LogP contribution in [0, 0.1) is 18.3 Å². The Bertz CT molecular complexity index is 1370. The number of carbonyl (C=O) groups excluding carboxylic acids is 2. The lowest BCUT2D eigenvalue weighted by molar-refractivity contribution is -0.140. The van der Waals surface area contributed by atoms with Crippen molar-refractivity contribution < 1.29 is 18.7 Å². The van der Waals surface area contributed by atoms with Crippen molar-refractivity contribution in [2.45, 2.75) is 31.6 Å². The van der Waals surface area contributed by atoms with Crippen LogP contribution in [0.1, 0.15) is 30.7 Å². The van der Waals surface area contributed by atoms with Gasteiger partial charge in [-0.2, -0.15) is 5.26 Å². The molecule has 0 radical (unpaired) electrons. The van der Waals surface area contributed by atoms with Gasteiger partial charge in [0.2, 0.25) is 11.8 Å². The summed E-state index contributed by atoms with van der Waals surface area (Å²) in [7, 11) is 1.62. The van der Waals surface area contributed by atoms with Gasteiger partial charge in [-0.3, -0.25) is 9.59 Å². The molecule has 5 rings (SSSR count). The van der Waals surface area contributed by atoms with Gasteiger partial charge in [-0.1, -0.05) is 30.3 Å². The highest BCUT2D eigenvalue weighted by Gasteiger charge is 2.38. The number of piperidine rings is 1. The molecule has 2 fully saturated rings. The number of rotatable bonds is 6. The summed E-state index contributed by atoms with van der Waals surface area (Å²) in [6, 6.07) is 18.2. The molecule has 2 aromatic carbocycles. The smallest absolute Gasteiger partial charge is 0.242 e. The molecule has 3 aromatic rings. The third-order valence-electron chi connectivity index (χ3n) is 7.86. The van der Waals surface area contributed by atoms with Gasteiger partial charge in [0.1, 0.15) is 5.75 Å². The number of aromatic nitrogens is 1. The molecular formula is C30H33N5O4. The lowest BCUT2D eigenvalue weighted by Gasteiger charge is -2.38. The van der Waals surface area contributed by atoms with E-state index in [9.17, 15) is 14.9 Å². The topological polar surface area (TPSA) is 103 Å². The summed E-state index contributed by atoms with van der Waals surface area (Å²) in [6.07, 6.45) is 3.18. The Labute approximate surface area is 228 Å². The Morgan fingerprint density at radius 1 is 1.10 bits per heavy atom. The van der Waals surface area contributed by atoms with Gasteiger partial charge in [-0.05, 0) is 30.5 Å². The van der Waals surface area contributed by atoms with Gasteiger partial charge >= 0.3 is 0 Å². The molecule has 9 nitrogen and oxygen atoms in total. The monoisotopic (exact) mass is 527 g/mol. The third kappa shape index (κ3) is 5.46. The number of amides is 2. The van der Waals surface area contributed by atoms with Gasteiger partial charge in [-0.25, -0.2) is 4.98 Å². The van der Waals surface area contributed by atoms with Gasteiger partial charge < -0.3 is 23.9 Å². The first-order valence-corrected chi connectivity index (χ1v) is 13.3. The van der Waals surface area contributed by atoms with E-state index in [1.807, 2.05) is 48.5 Å². The van der Waals surface area contributed by atoms with Crippen molar-refractivity contribution in [1.82, 2.24) is 14.8 Å². The first-order valence-electron chi connectivity index (χ1n) is 13.3. The minimum absolute atomic E-state index is 0.0285. The molecule has 0 aliphatic carbocycles. The molecule has 2 aliphatic heterocycles. The SMILES string of the molecule is COc1cc(N2CCC(=O)N(CC(=O)N3CCC(C#N)(c4ccccc4)CC3)CC2)ccc1-c1cnc(C)o1. The number of anilines is 1. The maximum absolute atomic E-state index is 13.2. The fourth-order valence-electron chi connectivity index (χ4n) is 5.48. The first-order chi connectivity index (χ1) is 18.9. The molecule has 0 saturated carbocycles. The predicted molar refractivity (Wildman–Crippen MR) is 146 cm³/mol.